The van der Waals surface area contributed by atoms with Gasteiger partial charge >= 0.3 is 0 Å². The van der Waals surface area contributed by atoms with Crippen molar-refractivity contribution in [2.45, 2.75) is 19.8 Å². The molecule has 0 saturated carbocycles. The zero-order chi connectivity index (χ0) is 10.7. The first kappa shape index (κ1) is 11.2. The summed E-state index contributed by atoms with van der Waals surface area (Å²) >= 11 is 3.31. The van der Waals surface area contributed by atoms with E-state index in [0.717, 1.165) is 18.4 Å². The molecule has 0 fully saturated rings. The van der Waals surface area contributed by atoms with Gasteiger partial charge in [0.1, 0.15) is 0 Å². The summed E-state index contributed by atoms with van der Waals surface area (Å²) in [6.07, 6.45) is 1.82. The Labute approximate surface area is 92.0 Å². The highest BCUT2D eigenvalue weighted by molar-refractivity contribution is 9.10. The van der Waals surface area contributed by atoms with Crippen LogP contribution in [0.3, 0.4) is 0 Å². The molecule has 0 saturated heterocycles. The van der Waals surface area contributed by atoms with Crippen molar-refractivity contribution in [3.63, 3.8) is 0 Å². The van der Waals surface area contributed by atoms with Crippen molar-refractivity contribution in [1.29, 1.82) is 0 Å². The van der Waals surface area contributed by atoms with Gasteiger partial charge in [0.05, 0.1) is 11.6 Å². The molecule has 0 bridgehead atoms. The van der Waals surface area contributed by atoms with Gasteiger partial charge in [-0.05, 0) is 27.9 Å². The lowest BCUT2D eigenvalue weighted by atomic mass is 10.1. The number of aromatic hydroxyl groups is 1. The van der Waals surface area contributed by atoms with Crippen molar-refractivity contribution < 1.29 is 9.84 Å². The third-order valence-electron chi connectivity index (χ3n) is 2.06. The third kappa shape index (κ3) is 1.95. The highest BCUT2D eigenvalue weighted by Crippen LogP contribution is 2.40. The monoisotopic (exact) mass is 259 g/mol. The third-order valence-corrected chi connectivity index (χ3v) is 2.92. The molecule has 3 nitrogen and oxygen atoms in total. The fourth-order valence-electron chi connectivity index (χ4n) is 1.33. The maximum atomic E-state index is 9.70. The Morgan fingerprint density at radius 1 is 1.57 bits per heavy atom. The molecule has 0 unspecified atom stereocenters. The quantitative estimate of drug-likeness (QED) is 0.649. The molecule has 1 aromatic carbocycles. The summed E-state index contributed by atoms with van der Waals surface area (Å²) in [5.41, 5.74) is 7.41. The number of ether oxygens (including phenoxy) is 1. The molecular formula is C10H14BrNO2. The molecule has 0 aromatic heterocycles. The van der Waals surface area contributed by atoms with Gasteiger partial charge in [0, 0.05) is 11.8 Å². The van der Waals surface area contributed by atoms with Gasteiger partial charge in [-0.2, -0.15) is 0 Å². The molecule has 0 aliphatic heterocycles. The lowest BCUT2D eigenvalue weighted by Crippen LogP contribution is -1.97. The number of benzene rings is 1. The molecule has 0 radical (unpaired) electrons. The first-order chi connectivity index (χ1) is 6.61. The molecular weight excluding hydrogens is 246 g/mol. The Morgan fingerprint density at radius 2 is 2.21 bits per heavy atom. The van der Waals surface area contributed by atoms with Crippen LogP contribution < -0.4 is 10.5 Å². The molecule has 78 valence electrons. The molecule has 4 heteroatoms. The topological polar surface area (TPSA) is 55.5 Å². The number of nitrogens with two attached hydrogens (primary N) is 1. The number of anilines is 1. The Balaban J connectivity index is 3.26. The second-order valence-corrected chi connectivity index (χ2v) is 3.85. The van der Waals surface area contributed by atoms with Crippen LogP contribution in [0.2, 0.25) is 0 Å². The molecule has 1 rings (SSSR count). The van der Waals surface area contributed by atoms with Crippen LogP contribution in [-0.2, 0) is 6.42 Å². The minimum absolute atomic E-state index is 0.116. The van der Waals surface area contributed by atoms with E-state index in [9.17, 15) is 5.11 Å². The van der Waals surface area contributed by atoms with Gasteiger partial charge in [-0.3, -0.25) is 0 Å². The fourth-order valence-corrected chi connectivity index (χ4v) is 1.96. The molecule has 0 heterocycles. The standard InChI is InChI=1S/C10H14BrNO2/c1-3-4-6-7(12)5-8(14-2)10(13)9(6)11/h5,13H,3-4,12H2,1-2H3. The fraction of sp³-hybridized carbons (Fsp3) is 0.400. The maximum absolute atomic E-state index is 9.70. The van der Waals surface area contributed by atoms with E-state index in [4.69, 9.17) is 10.5 Å². The summed E-state index contributed by atoms with van der Waals surface area (Å²) in [5.74, 6) is 0.513. The molecule has 14 heavy (non-hydrogen) atoms. The molecule has 0 spiro atoms. The van der Waals surface area contributed by atoms with Crippen LogP contribution in [-0.4, -0.2) is 12.2 Å². The Bertz CT molecular complexity index is 339. The van der Waals surface area contributed by atoms with Crippen LogP contribution in [0.4, 0.5) is 5.69 Å². The maximum Gasteiger partial charge on any atom is 0.172 e. The molecule has 0 aliphatic rings. The van der Waals surface area contributed by atoms with Gasteiger partial charge in [-0.15, -0.1) is 0 Å². The van der Waals surface area contributed by atoms with Crippen molar-refractivity contribution >= 4 is 21.6 Å². The van der Waals surface area contributed by atoms with Crippen LogP contribution >= 0.6 is 15.9 Å². The second kappa shape index (κ2) is 4.55. The van der Waals surface area contributed by atoms with E-state index in [1.54, 1.807) is 6.07 Å². The normalized spacial score (nSPS) is 10.2. The van der Waals surface area contributed by atoms with E-state index in [0.29, 0.717) is 15.9 Å². The first-order valence-electron chi connectivity index (χ1n) is 4.45. The lowest BCUT2D eigenvalue weighted by molar-refractivity contribution is 0.371. The number of phenolic OH excluding ortho intramolecular Hbond substituents is 1. The Hall–Kier alpha value is -0.900. The van der Waals surface area contributed by atoms with E-state index in [1.807, 2.05) is 0 Å². The van der Waals surface area contributed by atoms with Gasteiger partial charge in [-0.1, -0.05) is 13.3 Å². The lowest BCUT2D eigenvalue weighted by Gasteiger charge is -2.12. The highest BCUT2D eigenvalue weighted by atomic mass is 79.9. The molecule has 0 aliphatic carbocycles. The summed E-state index contributed by atoms with van der Waals surface area (Å²) in [5, 5.41) is 9.70. The summed E-state index contributed by atoms with van der Waals surface area (Å²) in [4.78, 5) is 0. The van der Waals surface area contributed by atoms with E-state index < -0.39 is 0 Å². The number of hydrogen-bond acceptors (Lipinski definition) is 3. The number of rotatable bonds is 3. The van der Waals surface area contributed by atoms with Crippen LogP contribution in [0.25, 0.3) is 0 Å². The summed E-state index contributed by atoms with van der Waals surface area (Å²) in [6.45, 7) is 2.06. The molecule has 3 N–H and O–H groups in total. The molecule has 0 atom stereocenters. The molecule has 1 aromatic rings. The smallest absolute Gasteiger partial charge is 0.172 e. The summed E-state index contributed by atoms with van der Waals surface area (Å²) in [7, 11) is 1.50. The van der Waals surface area contributed by atoms with E-state index in [1.165, 1.54) is 7.11 Å². The van der Waals surface area contributed by atoms with Crippen molar-refractivity contribution in [1.82, 2.24) is 0 Å². The van der Waals surface area contributed by atoms with Crippen molar-refractivity contribution in [2.75, 3.05) is 12.8 Å². The zero-order valence-electron chi connectivity index (χ0n) is 8.30. The number of hydrogen-bond donors (Lipinski definition) is 2. The van der Waals surface area contributed by atoms with Gasteiger partial charge in [0.15, 0.2) is 11.5 Å². The van der Waals surface area contributed by atoms with Gasteiger partial charge in [0.25, 0.3) is 0 Å². The minimum atomic E-state index is 0.116. The minimum Gasteiger partial charge on any atom is -0.503 e. The zero-order valence-corrected chi connectivity index (χ0v) is 9.89. The number of nitrogen functional groups attached to an aromatic ring is 1. The van der Waals surface area contributed by atoms with Crippen molar-refractivity contribution in [3.8, 4) is 11.5 Å². The highest BCUT2D eigenvalue weighted by Gasteiger charge is 2.13. The van der Waals surface area contributed by atoms with Gasteiger partial charge in [-0.25, -0.2) is 0 Å². The predicted octanol–water partition coefficient (Wildman–Crippen LogP) is 2.70. The van der Waals surface area contributed by atoms with Crippen LogP contribution in [0.15, 0.2) is 10.5 Å². The predicted molar refractivity (Wildman–Crippen MR) is 60.8 cm³/mol. The Kier molecular flexibility index (Phi) is 3.63. The summed E-state index contributed by atoms with van der Waals surface area (Å²) < 4.78 is 5.62. The average molecular weight is 260 g/mol. The second-order valence-electron chi connectivity index (χ2n) is 3.06. The van der Waals surface area contributed by atoms with Gasteiger partial charge in [0.2, 0.25) is 0 Å². The number of phenols is 1. The van der Waals surface area contributed by atoms with E-state index in [2.05, 4.69) is 22.9 Å². The van der Waals surface area contributed by atoms with E-state index >= 15 is 0 Å². The SMILES string of the molecule is CCCc1c(N)cc(OC)c(O)c1Br. The van der Waals surface area contributed by atoms with E-state index in [-0.39, 0.29) is 5.75 Å². The molecule has 0 amide bonds. The number of halogens is 1. The Morgan fingerprint density at radius 3 is 2.71 bits per heavy atom. The van der Waals surface area contributed by atoms with Crippen LogP contribution in [0.1, 0.15) is 18.9 Å². The summed E-state index contributed by atoms with van der Waals surface area (Å²) in [6, 6.07) is 1.64. The number of methoxy groups -OCH3 is 1. The van der Waals surface area contributed by atoms with Crippen LogP contribution in [0.5, 0.6) is 11.5 Å². The average Bonchev–Trinajstić information content (AvgIpc) is 2.18. The first-order valence-corrected chi connectivity index (χ1v) is 5.24. The van der Waals surface area contributed by atoms with Crippen molar-refractivity contribution in [2.24, 2.45) is 0 Å². The van der Waals surface area contributed by atoms with Crippen LogP contribution in [0, 0.1) is 0 Å². The van der Waals surface area contributed by atoms with Gasteiger partial charge < -0.3 is 15.6 Å². The van der Waals surface area contributed by atoms with Crippen molar-refractivity contribution in [3.05, 3.63) is 16.1 Å². The largest absolute Gasteiger partial charge is 0.503 e.